The maximum atomic E-state index is 11.5. The van der Waals surface area contributed by atoms with Gasteiger partial charge in [0.25, 0.3) is 0 Å². The van der Waals surface area contributed by atoms with E-state index in [1.165, 1.54) is 4.90 Å². The van der Waals surface area contributed by atoms with Gasteiger partial charge in [0.15, 0.2) is 0 Å². The Balaban J connectivity index is 2.33. The van der Waals surface area contributed by atoms with E-state index >= 15 is 0 Å². The highest BCUT2D eigenvalue weighted by atomic mass is 32.2. The van der Waals surface area contributed by atoms with Crippen LogP contribution in [-0.2, 0) is 4.79 Å². The van der Waals surface area contributed by atoms with Crippen molar-refractivity contribution < 1.29 is 4.79 Å². The van der Waals surface area contributed by atoms with Gasteiger partial charge in [0.1, 0.15) is 5.25 Å². The van der Waals surface area contributed by atoms with Crippen LogP contribution in [0.15, 0.2) is 28.0 Å². The van der Waals surface area contributed by atoms with Crippen molar-refractivity contribution in [2.45, 2.75) is 15.0 Å². The zero-order valence-corrected chi connectivity index (χ0v) is 9.95. The van der Waals surface area contributed by atoms with E-state index in [1.807, 2.05) is 18.4 Å². The molecule has 2 rings (SSSR count). The maximum absolute atomic E-state index is 11.5. The van der Waals surface area contributed by atoms with Crippen molar-refractivity contribution >= 4 is 35.1 Å². The molecule has 5 heteroatoms. The standard InChI is InChI=1S/C10H12N2OS2/c1-14-6-2-3-7-8(4-6)15-9(5-11)10(13)12-7/h2-4,9H,5,11H2,1H3,(H,12,13). The molecule has 1 unspecified atom stereocenters. The lowest BCUT2D eigenvalue weighted by atomic mass is 10.3. The van der Waals surface area contributed by atoms with Crippen molar-refractivity contribution in [3.05, 3.63) is 18.2 Å². The molecule has 0 radical (unpaired) electrons. The fourth-order valence-corrected chi connectivity index (χ4v) is 2.93. The molecule has 0 saturated carbocycles. The number of carbonyl (C=O) groups excluding carboxylic acids is 1. The Bertz CT molecular complexity index is 395. The van der Waals surface area contributed by atoms with E-state index in [0.29, 0.717) is 6.54 Å². The second-order valence-electron chi connectivity index (χ2n) is 3.19. The smallest absolute Gasteiger partial charge is 0.239 e. The van der Waals surface area contributed by atoms with E-state index in [9.17, 15) is 4.79 Å². The Morgan fingerprint density at radius 1 is 1.60 bits per heavy atom. The third-order valence-corrected chi connectivity index (χ3v) is 4.23. The zero-order valence-electron chi connectivity index (χ0n) is 8.32. The summed E-state index contributed by atoms with van der Waals surface area (Å²) in [7, 11) is 0. The quantitative estimate of drug-likeness (QED) is 0.774. The first-order chi connectivity index (χ1) is 7.24. The highest BCUT2D eigenvalue weighted by molar-refractivity contribution is 8.01. The molecule has 1 amide bonds. The van der Waals surface area contributed by atoms with E-state index in [1.54, 1.807) is 23.5 Å². The highest BCUT2D eigenvalue weighted by Crippen LogP contribution is 2.37. The van der Waals surface area contributed by atoms with Gasteiger partial charge in [-0.3, -0.25) is 4.79 Å². The number of thioether (sulfide) groups is 2. The van der Waals surface area contributed by atoms with Crippen molar-refractivity contribution in [3.8, 4) is 0 Å². The molecule has 80 valence electrons. The number of rotatable bonds is 2. The number of anilines is 1. The van der Waals surface area contributed by atoms with Gasteiger partial charge < -0.3 is 11.1 Å². The van der Waals surface area contributed by atoms with E-state index in [0.717, 1.165) is 10.6 Å². The number of benzene rings is 1. The molecule has 3 nitrogen and oxygen atoms in total. The Morgan fingerprint density at radius 2 is 2.40 bits per heavy atom. The summed E-state index contributed by atoms with van der Waals surface area (Å²) in [5.41, 5.74) is 6.43. The molecule has 1 aromatic carbocycles. The molecular formula is C10H12N2OS2. The zero-order chi connectivity index (χ0) is 10.8. The van der Waals surface area contributed by atoms with Gasteiger partial charge in [0.05, 0.1) is 5.69 Å². The average molecular weight is 240 g/mol. The molecule has 15 heavy (non-hydrogen) atoms. The summed E-state index contributed by atoms with van der Waals surface area (Å²) in [4.78, 5) is 13.8. The minimum atomic E-state index is -0.158. The molecule has 1 heterocycles. The van der Waals surface area contributed by atoms with Gasteiger partial charge >= 0.3 is 0 Å². The van der Waals surface area contributed by atoms with E-state index in [-0.39, 0.29) is 11.2 Å². The van der Waals surface area contributed by atoms with Gasteiger partial charge in [-0.25, -0.2) is 0 Å². The number of fused-ring (bicyclic) bond motifs is 1. The van der Waals surface area contributed by atoms with Crippen LogP contribution in [0.5, 0.6) is 0 Å². The maximum Gasteiger partial charge on any atom is 0.239 e. The Morgan fingerprint density at radius 3 is 3.07 bits per heavy atom. The minimum absolute atomic E-state index is 0.00639. The van der Waals surface area contributed by atoms with Crippen molar-refractivity contribution in [2.24, 2.45) is 5.73 Å². The Labute approximate surface area is 97.2 Å². The molecular weight excluding hydrogens is 228 g/mol. The second-order valence-corrected chi connectivity index (χ2v) is 5.32. The van der Waals surface area contributed by atoms with Crippen molar-refractivity contribution in [1.82, 2.24) is 0 Å². The average Bonchev–Trinajstić information content (AvgIpc) is 2.27. The predicted molar refractivity (Wildman–Crippen MR) is 65.6 cm³/mol. The van der Waals surface area contributed by atoms with Crippen LogP contribution < -0.4 is 11.1 Å². The number of nitrogens with two attached hydrogens (primary N) is 1. The van der Waals surface area contributed by atoms with Gasteiger partial charge in [-0.05, 0) is 24.5 Å². The first kappa shape index (κ1) is 10.9. The Kier molecular flexibility index (Phi) is 3.23. The normalized spacial score (nSPS) is 19.6. The molecule has 1 aromatic rings. The monoisotopic (exact) mass is 240 g/mol. The third kappa shape index (κ3) is 2.14. The van der Waals surface area contributed by atoms with E-state index < -0.39 is 0 Å². The van der Waals surface area contributed by atoms with Crippen molar-refractivity contribution in [2.75, 3.05) is 18.1 Å². The molecule has 3 N–H and O–H groups in total. The van der Waals surface area contributed by atoms with Crippen LogP contribution in [0.4, 0.5) is 5.69 Å². The predicted octanol–water partition coefficient (Wildman–Crippen LogP) is 1.78. The number of nitrogens with one attached hydrogen (secondary N) is 1. The summed E-state index contributed by atoms with van der Waals surface area (Å²) < 4.78 is 0. The molecule has 0 bridgehead atoms. The first-order valence-corrected chi connectivity index (χ1v) is 6.70. The molecule has 0 spiro atoms. The number of amides is 1. The summed E-state index contributed by atoms with van der Waals surface area (Å²) >= 11 is 3.24. The topological polar surface area (TPSA) is 55.1 Å². The third-order valence-electron chi connectivity index (χ3n) is 2.22. The van der Waals surface area contributed by atoms with Gasteiger partial charge in [-0.1, -0.05) is 0 Å². The summed E-state index contributed by atoms with van der Waals surface area (Å²) in [6.07, 6.45) is 2.04. The minimum Gasteiger partial charge on any atom is -0.329 e. The first-order valence-electron chi connectivity index (χ1n) is 4.60. The van der Waals surface area contributed by atoms with Crippen LogP contribution in [-0.4, -0.2) is 24.0 Å². The van der Waals surface area contributed by atoms with Crippen LogP contribution in [0.1, 0.15) is 0 Å². The number of carbonyl (C=O) groups is 1. The summed E-state index contributed by atoms with van der Waals surface area (Å²) in [6.45, 7) is 0.374. The van der Waals surface area contributed by atoms with Crippen LogP contribution in [0.3, 0.4) is 0 Å². The molecule has 0 fully saturated rings. The second kappa shape index (κ2) is 4.47. The lowest BCUT2D eigenvalue weighted by molar-refractivity contribution is -0.115. The molecule has 0 aromatic heterocycles. The van der Waals surface area contributed by atoms with E-state index in [2.05, 4.69) is 11.4 Å². The molecule has 1 aliphatic rings. The number of hydrogen-bond acceptors (Lipinski definition) is 4. The van der Waals surface area contributed by atoms with E-state index in [4.69, 9.17) is 5.73 Å². The van der Waals surface area contributed by atoms with Crippen molar-refractivity contribution in [1.29, 1.82) is 0 Å². The highest BCUT2D eigenvalue weighted by Gasteiger charge is 2.25. The van der Waals surface area contributed by atoms with Crippen LogP contribution in [0, 0.1) is 0 Å². The fraction of sp³-hybridized carbons (Fsp3) is 0.300. The lowest BCUT2D eigenvalue weighted by Gasteiger charge is -2.23. The molecule has 1 atom stereocenters. The lowest BCUT2D eigenvalue weighted by Crippen LogP contribution is -2.34. The molecule has 1 aliphatic heterocycles. The number of hydrogen-bond donors (Lipinski definition) is 2. The summed E-state index contributed by atoms with van der Waals surface area (Å²) in [6, 6.07) is 6.04. The van der Waals surface area contributed by atoms with Crippen LogP contribution in [0.2, 0.25) is 0 Å². The van der Waals surface area contributed by atoms with Gasteiger partial charge in [0, 0.05) is 16.3 Å². The van der Waals surface area contributed by atoms with Gasteiger partial charge in [-0.15, -0.1) is 23.5 Å². The van der Waals surface area contributed by atoms with Gasteiger partial charge in [-0.2, -0.15) is 0 Å². The summed E-state index contributed by atoms with van der Waals surface area (Å²) in [5, 5.41) is 2.71. The van der Waals surface area contributed by atoms with Crippen molar-refractivity contribution in [3.63, 3.8) is 0 Å². The van der Waals surface area contributed by atoms with Crippen LogP contribution in [0.25, 0.3) is 0 Å². The Hall–Kier alpha value is -0.650. The molecule has 0 aliphatic carbocycles. The van der Waals surface area contributed by atoms with Crippen LogP contribution >= 0.6 is 23.5 Å². The largest absolute Gasteiger partial charge is 0.329 e. The SMILES string of the molecule is CSc1ccc2c(c1)SC(CN)C(=O)N2. The summed E-state index contributed by atoms with van der Waals surface area (Å²) in [5.74, 6) is 0.00639. The van der Waals surface area contributed by atoms with Gasteiger partial charge in [0.2, 0.25) is 5.91 Å². The molecule has 0 saturated heterocycles. The fourth-order valence-electron chi connectivity index (χ4n) is 1.41.